The van der Waals surface area contributed by atoms with Crippen molar-refractivity contribution in [1.82, 2.24) is 0 Å². The second kappa shape index (κ2) is 5.10. The first-order valence-corrected chi connectivity index (χ1v) is 7.25. The molecule has 0 spiro atoms. The van der Waals surface area contributed by atoms with Crippen LogP contribution in [0.2, 0.25) is 0 Å². The molecule has 0 bridgehead atoms. The number of aryl methyl sites for hydroxylation is 1. The summed E-state index contributed by atoms with van der Waals surface area (Å²) in [7, 11) is 1.72. The highest BCUT2D eigenvalue weighted by Crippen LogP contribution is 2.34. The molecule has 0 aliphatic carbocycles. The van der Waals surface area contributed by atoms with Crippen LogP contribution in [0.1, 0.15) is 11.1 Å². The van der Waals surface area contributed by atoms with Gasteiger partial charge in [0.1, 0.15) is 0 Å². The number of hydrogen-bond acceptors (Lipinski definition) is 2. The largest absolute Gasteiger partial charge is 0.490 e. The number of hydrogen-bond donors (Lipinski definition) is 0. The number of methoxy groups -OCH3 is 1. The van der Waals surface area contributed by atoms with Crippen molar-refractivity contribution in [2.45, 2.75) is 11.8 Å². The SMILES string of the molecule is COc1ccccc1[N+]1=Cc2cccc(C)c2SC1. The van der Waals surface area contributed by atoms with Crippen molar-refractivity contribution in [3.63, 3.8) is 0 Å². The lowest BCUT2D eigenvalue weighted by Crippen LogP contribution is -2.13. The Hall–Kier alpha value is -1.74. The van der Waals surface area contributed by atoms with Gasteiger partial charge < -0.3 is 4.74 Å². The molecule has 0 amide bonds. The maximum absolute atomic E-state index is 5.44. The zero-order valence-corrected chi connectivity index (χ0v) is 11.9. The van der Waals surface area contributed by atoms with E-state index in [0.29, 0.717) is 0 Å². The van der Waals surface area contributed by atoms with Gasteiger partial charge in [0, 0.05) is 11.0 Å². The first kappa shape index (κ1) is 12.3. The highest BCUT2D eigenvalue weighted by molar-refractivity contribution is 7.99. The van der Waals surface area contributed by atoms with Crippen LogP contribution in [0, 0.1) is 6.92 Å². The number of para-hydroxylation sites is 2. The molecule has 0 radical (unpaired) electrons. The molecule has 1 heterocycles. The van der Waals surface area contributed by atoms with Crippen LogP contribution in [0.4, 0.5) is 5.69 Å². The highest BCUT2D eigenvalue weighted by atomic mass is 32.2. The third-order valence-electron chi connectivity index (χ3n) is 3.28. The van der Waals surface area contributed by atoms with Crippen LogP contribution >= 0.6 is 11.8 Å². The highest BCUT2D eigenvalue weighted by Gasteiger charge is 2.22. The Morgan fingerprint density at radius 1 is 1.11 bits per heavy atom. The third kappa shape index (κ3) is 2.26. The minimum atomic E-state index is 0.912. The van der Waals surface area contributed by atoms with E-state index in [1.165, 1.54) is 16.0 Å². The van der Waals surface area contributed by atoms with Crippen molar-refractivity contribution in [2.75, 3.05) is 13.0 Å². The molecule has 1 aliphatic rings. The molecule has 0 aromatic heterocycles. The van der Waals surface area contributed by atoms with E-state index in [9.17, 15) is 0 Å². The fraction of sp³-hybridized carbons (Fsp3) is 0.188. The quantitative estimate of drug-likeness (QED) is 0.769. The summed E-state index contributed by atoms with van der Waals surface area (Å²) in [6, 6.07) is 14.6. The Morgan fingerprint density at radius 3 is 2.79 bits per heavy atom. The normalized spacial score (nSPS) is 13.7. The van der Waals surface area contributed by atoms with Gasteiger partial charge in [-0.25, -0.2) is 0 Å². The molecule has 3 rings (SSSR count). The molecule has 1 aliphatic heterocycles. The summed E-state index contributed by atoms with van der Waals surface area (Å²) in [4.78, 5) is 1.38. The molecule has 0 atom stereocenters. The Balaban J connectivity index is 2.08. The minimum absolute atomic E-state index is 0.912. The number of nitrogens with zero attached hydrogens (tertiary/aromatic N) is 1. The Kier molecular flexibility index (Phi) is 3.30. The van der Waals surface area contributed by atoms with Gasteiger partial charge in [0.2, 0.25) is 5.69 Å². The van der Waals surface area contributed by atoms with Gasteiger partial charge in [-0.3, -0.25) is 0 Å². The van der Waals surface area contributed by atoms with Crippen LogP contribution in [-0.4, -0.2) is 23.8 Å². The molecular weight excluding hydrogens is 254 g/mol. The summed E-state index contributed by atoms with van der Waals surface area (Å²) in [6.45, 7) is 2.17. The van der Waals surface area contributed by atoms with Gasteiger partial charge in [-0.1, -0.05) is 36.0 Å². The van der Waals surface area contributed by atoms with Gasteiger partial charge in [-0.05, 0) is 24.6 Å². The van der Waals surface area contributed by atoms with Crippen molar-refractivity contribution >= 4 is 23.7 Å². The van der Waals surface area contributed by atoms with Crippen LogP contribution in [0.25, 0.3) is 0 Å². The number of benzene rings is 2. The van der Waals surface area contributed by atoms with E-state index in [-0.39, 0.29) is 0 Å². The second-order valence-corrected chi connectivity index (χ2v) is 5.49. The molecule has 0 unspecified atom stereocenters. The predicted molar refractivity (Wildman–Crippen MR) is 80.0 cm³/mol. The summed E-state index contributed by atoms with van der Waals surface area (Å²) >= 11 is 1.88. The average Bonchev–Trinajstić information content (AvgIpc) is 2.47. The van der Waals surface area contributed by atoms with Crippen LogP contribution in [0.15, 0.2) is 47.4 Å². The maximum Gasteiger partial charge on any atom is 0.248 e. The second-order valence-electron chi connectivity index (χ2n) is 4.54. The standard InChI is InChI=1S/C16H16NOS/c1-12-6-5-7-13-10-17(11-19-16(12)13)14-8-3-4-9-15(14)18-2/h3-10H,11H2,1-2H3/q+1. The van der Waals surface area contributed by atoms with Gasteiger partial charge in [-0.15, -0.1) is 0 Å². The van der Waals surface area contributed by atoms with Gasteiger partial charge in [0.05, 0.1) is 12.7 Å². The molecular formula is C16H16NOS+. The zero-order valence-electron chi connectivity index (χ0n) is 11.1. The van der Waals surface area contributed by atoms with Crippen LogP contribution in [0.5, 0.6) is 5.75 Å². The van der Waals surface area contributed by atoms with E-state index in [1.807, 2.05) is 30.0 Å². The topological polar surface area (TPSA) is 12.2 Å². The summed E-state index contributed by atoms with van der Waals surface area (Å²) < 4.78 is 7.68. The van der Waals surface area contributed by atoms with E-state index in [4.69, 9.17) is 4.74 Å². The summed E-state index contributed by atoms with van der Waals surface area (Å²) in [6.07, 6.45) is 2.21. The van der Waals surface area contributed by atoms with E-state index in [1.54, 1.807) is 7.11 Å². The molecule has 96 valence electrons. The predicted octanol–water partition coefficient (Wildman–Crippen LogP) is 3.83. The van der Waals surface area contributed by atoms with E-state index < -0.39 is 0 Å². The fourth-order valence-corrected chi connectivity index (χ4v) is 3.38. The average molecular weight is 270 g/mol. The third-order valence-corrected chi connectivity index (χ3v) is 4.53. The Morgan fingerprint density at radius 2 is 1.95 bits per heavy atom. The monoisotopic (exact) mass is 270 g/mol. The molecule has 2 aromatic carbocycles. The van der Waals surface area contributed by atoms with Crippen LogP contribution in [0.3, 0.4) is 0 Å². The minimum Gasteiger partial charge on any atom is -0.490 e. The van der Waals surface area contributed by atoms with Gasteiger partial charge in [0.25, 0.3) is 0 Å². The summed E-state index contributed by atoms with van der Waals surface area (Å²) in [5, 5.41) is 0. The van der Waals surface area contributed by atoms with Crippen molar-refractivity contribution < 1.29 is 9.31 Å². The first-order chi connectivity index (χ1) is 9.29. The van der Waals surface area contributed by atoms with Crippen molar-refractivity contribution in [1.29, 1.82) is 0 Å². The lowest BCUT2D eigenvalue weighted by Gasteiger charge is -2.14. The zero-order chi connectivity index (χ0) is 13.2. The lowest BCUT2D eigenvalue weighted by atomic mass is 10.1. The van der Waals surface area contributed by atoms with E-state index >= 15 is 0 Å². The van der Waals surface area contributed by atoms with Crippen molar-refractivity contribution in [3.05, 3.63) is 53.6 Å². The number of ether oxygens (including phenoxy) is 1. The lowest BCUT2D eigenvalue weighted by molar-refractivity contribution is -0.412. The fourth-order valence-electron chi connectivity index (χ4n) is 2.32. The molecule has 3 heteroatoms. The summed E-state index contributed by atoms with van der Waals surface area (Å²) in [5.41, 5.74) is 3.74. The smallest absolute Gasteiger partial charge is 0.248 e. The Labute approximate surface area is 117 Å². The molecule has 2 nitrogen and oxygen atoms in total. The van der Waals surface area contributed by atoms with E-state index in [2.05, 4.69) is 42.0 Å². The Bertz CT molecular complexity index is 649. The van der Waals surface area contributed by atoms with Gasteiger partial charge >= 0.3 is 0 Å². The van der Waals surface area contributed by atoms with Crippen molar-refractivity contribution in [3.8, 4) is 5.75 Å². The summed E-state index contributed by atoms with van der Waals surface area (Å²) in [5.74, 6) is 1.83. The van der Waals surface area contributed by atoms with Crippen LogP contribution in [-0.2, 0) is 0 Å². The number of rotatable bonds is 2. The van der Waals surface area contributed by atoms with Crippen molar-refractivity contribution in [2.24, 2.45) is 0 Å². The molecule has 19 heavy (non-hydrogen) atoms. The molecule has 0 saturated carbocycles. The first-order valence-electron chi connectivity index (χ1n) is 6.26. The molecule has 0 saturated heterocycles. The van der Waals surface area contributed by atoms with Crippen LogP contribution < -0.4 is 4.74 Å². The number of thioether (sulfide) groups is 1. The molecule has 0 N–H and O–H groups in total. The van der Waals surface area contributed by atoms with Gasteiger partial charge in [0.15, 0.2) is 17.8 Å². The number of fused-ring (bicyclic) bond motifs is 1. The molecule has 2 aromatic rings. The maximum atomic E-state index is 5.44. The van der Waals surface area contributed by atoms with E-state index in [0.717, 1.165) is 17.3 Å². The van der Waals surface area contributed by atoms with Gasteiger partial charge in [-0.2, -0.15) is 4.58 Å². The molecule has 0 fully saturated rings.